The van der Waals surface area contributed by atoms with E-state index >= 15 is 0 Å². The Morgan fingerprint density at radius 3 is 2.64 bits per heavy atom. The highest BCUT2D eigenvalue weighted by atomic mass is 16.3. The van der Waals surface area contributed by atoms with Crippen LogP contribution in [0, 0.1) is 12.8 Å². The number of hydrogen-bond donors (Lipinski definition) is 1. The maximum Gasteiger partial charge on any atom is 0.147 e. The molecule has 0 amide bonds. The molecule has 2 saturated carbocycles. The maximum atomic E-state index is 10.4. The quantitative estimate of drug-likeness (QED) is 0.928. The van der Waals surface area contributed by atoms with Crippen LogP contribution in [0.2, 0.25) is 0 Å². The monoisotopic (exact) mass is 304 g/mol. The van der Waals surface area contributed by atoms with Gasteiger partial charge in [0.2, 0.25) is 0 Å². The van der Waals surface area contributed by atoms with E-state index in [0.29, 0.717) is 18.0 Å². The first-order valence-electron chi connectivity index (χ1n) is 9.06. The van der Waals surface area contributed by atoms with Crippen molar-refractivity contribution in [3.05, 3.63) is 11.6 Å². The van der Waals surface area contributed by atoms with Gasteiger partial charge in [-0.1, -0.05) is 12.8 Å². The summed E-state index contributed by atoms with van der Waals surface area (Å²) in [5, 5.41) is 19.2. The lowest BCUT2D eigenvalue weighted by Gasteiger charge is -2.37. The summed E-state index contributed by atoms with van der Waals surface area (Å²) in [5.74, 6) is 2.66. The van der Waals surface area contributed by atoms with E-state index in [-0.39, 0.29) is 6.10 Å². The topological polar surface area (TPSA) is 54.2 Å². The van der Waals surface area contributed by atoms with Crippen molar-refractivity contribution in [1.82, 2.24) is 19.7 Å². The van der Waals surface area contributed by atoms with Gasteiger partial charge < -0.3 is 9.67 Å². The third-order valence-corrected chi connectivity index (χ3v) is 5.88. The number of aliphatic hydroxyl groups excluding tert-OH is 1. The summed E-state index contributed by atoms with van der Waals surface area (Å²) in [6.45, 7) is 4.12. The molecule has 4 rings (SSSR count). The normalized spacial score (nSPS) is 33.5. The Morgan fingerprint density at radius 1 is 1.05 bits per heavy atom. The zero-order chi connectivity index (χ0) is 15.1. The molecule has 1 aromatic rings. The lowest BCUT2D eigenvalue weighted by atomic mass is 9.80. The van der Waals surface area contributed by atoms with Gasteiger partial charge in [-0.2, -0.15) is 0 Å². The SMILES string of the molecule is Cc1nnc(CN2CCCC2C2CCCCC2O)n1C1CC1. The first kappa shape index (κ1) is 14.6. The van der Waals surface area contributed by atoms with Crippen molar-refractivity contribution in [3.63, 3.8) is 0 Å². The number of aromatic nitrogens is 3. The van der Waals surface area contributed by atoms with Crippen molar-refractivity contribution in [2.24, 2.45) is 5.92 Å². The predicted octanol–water partition coefficient (Wildman–Crippen LogP) is 2.44. The van der Waals surface area contributed by atoms with Crippen molar-refractivity contribution in [1.29, 1.82) is 0 Å². The molecule has 0 radical (unpaired) electrons. The summed E-state index contributed by atoms with van der Waals surface area (Å²) in [4.78, 5) is 2.57. The zero-order valence-corrected chi connectivity index (χ0v) is 13.6. The van der Waals surface area contributed by atoms with Crippen LogP contribution in [0.3, 0.4) is 0 Å². The summed E-state index contributed by atoms with van der Waals surface area (Å²) >= 11 is 0. The van der Waals surface area contributed by atoms with Gasteiger partial charge in [0.05, 0.1) is 12.6 Å². The molecule has 5 nitrogen and oxygen atoms in total. The van der Waals surface area contributed by atoms with Gasteiger partial charge in [-0.25, -0.2) is 0 Å². The summed E-state index contributed by atoms with van der Waals surface area (Å²) in [6, 6.07) is 1.19. The molecule has 1 aromatic heterocycles. The van der Waals surface area contributed by atoms with E-state index in [4.69, 9.17) is 0 Å². The van der Waals surface area contributed by atoms with Crippen LogP contribution in [0.4, 0.5) is 0 Å². The highest BCUT2D eigenvalue weighted by Gasteiger charge is 2.38. The minimum Gasteiger partial charge on any atom is -0.393 e. The average Bonchev–Trinajstić information content (AvgIpc) is 3.13. The van der Waals surface area contributed by atoms with E-state index in [0.717, 1.165) is 31.2 Å². The molecule has 122 valence electrons. The van der Waals surface area contributed by atoms with Crippen molar-refractivity contribution in [2.45, 2.75) is 83.0 Å². The Bertz CT molecular complexity index is 525. The van der Waals surface area contributed by atoms with Crippen molar-refractivity contribution in [2.75, 3.05) is 6.54 Å². The minimum atomic E-state index is -0.0950. The van der Waals surface area contributed by atoms with Gasteiger partial charge in [-0.05, 0) is 52.0 Å². The molecule has 3 fully saturated rings. The fourth-order valence-corrected chi connectivity index (χ4v) is 4.63. The number of nitrogens with zero attached hydrogens (tertiary/aromatic N) is 4. The second-order valence-corrected chi connectivity index (χ2v) is 7.46. The molecule has 3 aliphatic rings. The highest BCUT2D eigenvalue weighted by Crippen LogP contribution is 2.38. The number of rotatable bonds is 4. The Hall–Kier alpha value is -0.940. The number of aryl methyl sites for hydroxylation is 1. The first-order chi connectivity index (χ1) is 10.7. The van der Waals surface area contributed by atoms with Crippen LogP contribution in [0.1, 0.15) is 69.1 Å². The molecular formula is C17H28N4O. The van der Waals surface area contributed by atoms with Crippen molar-refractivity contribution < 1.29 is 5.11 Å². The Kier molecular flexibility index (Phi) is 3.95. The Balaban J connectivity index is 1.49. The highest BCUT2D eigenvalue weighted by molar-refractivity contribution is 5.03. The summed E-state index contributed by atoms with van der Waals surface area (Å²) < 4.78 is 2.35. The van der Waals surface area contributed by atoms with E-state index < -0.39 is 0 Å². The lowest BCUT2D eigenvalue weighted by Crippen LogP contribution is -2.42. The predicted molar refractivity (Wildman–Crippen MR) is 84.4 cm³/mol. The van der Waals surface area contributed by atoms with Crippen LogP contribution >= 0.6 is 0 Å². The van der Waals surface area contributed by atoms with Gasteiger partial charge in [0.25, 0.3) is 0 Å². The summed E-state index contributed by atoms with van der Waals surface area (Å²) in [6.07, 6.45) is 9.60. The van der Waals surface area contributed by atoms with E-state index in [2.05, 4.69) is 26.6 Å². The van der Waals surface area contributed by atoms with Gasteiger partial charge in [0, 0.05) is 18.0 Å². The molecule has 5 heteroatoms. The second-order valence-electron chi connectivity index (χ2n) is 7.46. The van der Waals surface area contributed by atoms with Crippen LogP contribution < -0.4 is 0 Å². The van der Waals surface area contributed by atoms with Gasteiger partial charge in [0.1, 0.15) is 11.6 Å². The van der Waals surface area contributed by atoms with Gasteiger partial charge in [-0.15, -0.1) is 10.2 Å². The number of hydrogen-bond acceptors (Lipinski definition) is 4. The van der Waals surface area contributed by atoms with Crippen LogP contribution in [-0.4, -0.2) is 43.5 Å². The smallest absolute Gasteiger partial charge is 0.147 e. The molecule has 3 unspecified atom stereocenters. The number of aliphatic hydroxyl groups is 1. The van der Waals surface area contributed by atoms with E-state index in [1.807, 2.05) is 0 Å². The van der Waals surface area contributed by atoms with Gasteiger partial charge in [-0.3, -0.25) is 4.90 Å². The third kappa shape index (κ3) is 2.69. The second kappa shape index (κ2) is 5.93. The lowest BCUT2D eigenvalue weighted by molar-refractivity contribution is 0.0193. The molecule has 1 aliphatic heterocycles. The Morgan fingerprint density at radius 2 is 1.86 bits per heavy atom. The Labute approximate surface area is 132 Å². The molecular weight excluding hydrogens is 276 g/mol. The van der Waals surface area contributed by atoms with Crippen molar-refractivity contribution >= 4 is 0 Å². The van der Waals surface area contributed by atoms with E-state index in [9.17, 15) is 5.11 Å². The molecule has 3 atom stereocenters. The van der Waals surface area contributed by atoms with E-state index in [1.165, 1.54) is 44.9 Å². The zero-order valence-electron chi connectivity index (χ0n) is 13.6. The minimum absolute atomic E-state index is 0.0950. The van der Waals surface area contributed by atoms with Crippen LogP contribution in [0.5, 0.6) is 0 Å². The largest absolute Gasteiger partial charge is 0.393 e. The molecule has 2 heterocycles. The fraction of sp³-hybridized carbons (Fsp3) is 0.882. The molecule has 0 aromatic carbocycles. The molecule has 22 heavy (non-hydrogen) atoms. The van der Waals surface area contributed by atoms with Gasteiger partial charge >= 0.3 is 0 Å². The average molecular weight is 304 g/mol. The van der Waals surface area contributed by atoms with Crippen LogP contribution in [0.25, 0.3) is 0 Å². The first-order valence-corrected chi connectivity index (χ1v) is 9.06. The molecule has 0 bridgehead atoms. The number of likely N-dealkylation sites (tertiary alicyclic amines) is 1. The molecule has 2 aliphatic carbocycles. The van der Waals surface area contributed by atoms with Crippen LogP contribution in [0.15, 0.2) is 0 Å². The van der Waals surface area contributed by atoms with Gasteiger partial charge in [0.15, 0.2) is 0 Å². The van der Waals surface area contributed by atoms with E-state index in [1.54, 1.807) is 0 Å². The summed E-state index contributed by atoms with van der Waals surface area (Å²) in [5.41, 5.74) is 0. The summed E-state index contributed by atoms with van der Waals surface area (Å²) in [7, 11) is 0. The molecule has 1 saturated heterocycles. The third-order valence-electron chi connectivity index (χ3n) is 5.88. The fourth-order valence-electron chi connectivity index (χ4n) is 4.63. The standard InChI is InChI=1S/C17H28N4O/c1-12-18-19-17(21(12)13-8-9-13)11-20-10-4-6-15(20)14-5-2-3-7-16(14)22/h13-16,22H,2-11H2,1H3. The van der Waals surface area contributed by atoms with Crippen LogP contribution in [-0.2, 0) is 6.54 Å². The maximum absolute atomic E-state index is 10.4. The molecule has 0 spiro atoms. The van der Waals surface area contributed by atoms with Crippen molar-refractivity contribution in [3.8, 4) is 0 Å². The molecule has 1 N–H and O–H groups in total.